The van der Waals surface area contributed by atoms with E-state index in [1.54, 1.807) is 0 Å². The van der Waals surface area contributed by atoms with E-state index in [4.69, 9.17) is 5.73 Å². The molecule has 1 rings (SSSR count). The van der Waals surface area contributed by atoms with Gasteiger partial charge in [0.15, 0.2) is 0 Å². The minimum absolute atomic E-state index is 0.404. The van der Waals surface area contributed by atoms with Crippen LogP contribution in [0.25, 0.3) is 0 Å². The summed E-state index contributed by atoms with van der Waals surface area (Å²) in [5, 5.41) is 5.30. The molecule has 80 valence electrons. The van der Waals surface area contributed by atoms with Crippen molar-refractivity contribution in [2.75, 3.05) is 0 Å². The Hall–Kier alpha value is -1.84. The van der Waals surface area contributed by atoms with E-state index in [1.807, 2.05) is 44.2 Å². The van der Waals surface area contributed by atoms with Crippen LogP contribution in [0.4, 0.5) is 4.79 Å². The van der Waals surface area contributed by atoms with E-state index >= 15 is 0 Å². The minimum Gasteiger partial charge on any atom is -0.350 e. The van der Waals surface area contributed by atoms with Gasteiger partial charge in [-0.25, -0.2) is 9.80 Å². The zero-order valence-electron chi connectivity index (χ0n) is 8.97. The van der Waals surface area contributed by atoms with E-state index in [0.29, 0.717) is 6.54 Å². The van der Waals surface area contributed by atoms with Crippen LogP contribution in [0.5, 0.6) is 0 Å². The van der Waals surface area contributed by atoms with Gasteiger partial charge in [-0.3, -0.25) is 0 Å². The van der Waals surface area contributed by atoms with Crippen molar-refractivity contribution in [2.24, 2.45) is 10.8 Å². The zero-order valence-corrected chi connectivity index (χ0v) is 8.97. The van der Waals surface area contributed by atoms with Gasteiger partial charge in [-0.05, 0) is 19.4 Å². The van der Waals surface area contributed by atoms with E-state index in [2.05, 4.69) is 5.10 Å². The van der Waals surface area contributed by atoms with Crippen molar-refractivity contribution >= 4 is 11.7 Å². The molecule has 1 aromatic rings. The van der Waals surface area contributed by atoms with E-state index in [-0.39, 0.29) is 0 Å². The molecule has 1 aromatic carbocycles. The molecule has 0 aliphatic carbocycles. The van der Waals surface area contributed by atoms with Crippen molar-refractivity contribution in [3.05, 3.63) is 35.9 Å². The average molecular weight is 205 g/mol. The van der Waals surface area contributed by atoms with Gasteiger partial charge in [0.05, 0.1) is 6.54 Å². The standard InChI is InChI=1S/C11H15N3O/c1-9(2)13-14(11(12)15)8-10-6-4-3-5-7-10/h3-7H,8H2,1-2H3,(H2,12,15). The van der Waals surface area contributed by atoms with Crippen molar-refractivity contribution in [1.29, 1.82) is 0 Å². The van der Waals surface area contributed by atoms with Crippen LogP contribution in [0.2, 0.25) is 0 Å². The Labute approximate surface area is 89.4 Å². The second kappa shape index (κ2) is 5.14. The summed E-state index contributed by atoms with van der Waals surface area (Å²) in [7, 11) is 0. The van der Waals surface area contributed by atoms with Crippen LogP contribution in [-0.4, -0.2) is 16.8 Å². The van der Waals surface area contributed by atoms with E-state index < -0.39 is 6.03 Å². The number of benzene rings is 1. The summed E-state index contributed by atoms with van der Waals surface area (Å²) in [6.07, 6.45) is 0. The van der Waals surface area contributed by atoms with Crippen molar-refractivity contribution < 1.29 is 4.79 Å². The highest BCUT2D eigenvalue weighted by Gasteiger charge is 2.08. The number of carbonyl (C=O) groups excluding carboxylic acids is 1. The molecule has 0 aromatic heterocycles. The second-order valence-electron chi connectivity index (χ2n) is 3.43. The maximum Gasteiger partial charge on any atom is 0.335 e. The molecule has 4 heteroatoms. The summed E-state index contributed by atoms with van der Waals surface area (Å²) in [5.74, 6) is 0. The lowest BCUT2D eigenvalue weighted by atomic mass is 10.2. The molecule has 0 saturated carbocycles. The zero-order chi connectivity index (χ0) is 11.3. The Kier molecular flexibility index (Phi) is 3.85. The first-order valence-corrected chi connectivity index (χ1v) is 4.72. The van der Waals surface area contributed by atoms with Gasteiger partial charge in [-0.2, -0.15) is 5.10 Å². The van der Waals surface area contributed by atoms with E-state index in [9.17, 15) is 4.79 Å². The van der Waals surface area contributed by atoms with Gasteiger partial charge < -0.3 is 5.73 Å². The van der Waals surface area contributed by atoms with Gasteiger partial charge in [0.1, 0.15) is 0 Å². The van der Waals surface area contributed by atoms with Crippen molar-refractivity contribution in [3.8, 4) is 0 Å². The molecule has 0 atom stereocenters. The molecule has 0 bridgehead atoms. The highest BCUT2D eigenvalue weighted by molar-refractivity contribution is 5.81. The number of hydrazone groups is 1. The van der Waals surface area contributed by atoms with Crippen LogP contribution in [-0.2, 0) is 6.54 Å². The molecule has 0 aliphatic heterocycles. The molecule has 2 amide bonds. The maximum atomic E-state index is 11.1. The van der Waals surface area contributed by atoms with Crippen LogP contribution in [0.1, 0.15) is 19.4 Å². The lowest BCUT2D eigenvalue weighted by Gasteiger charge is -2.14. The molecule has 0 heterocycles. The fraction of sp³-hybridized carbons (Fsp3) is 0.273. The van der Waals surface area contributed by atoms with Crippen LogP contribution in [0, 0.1) is 0 Å². The molecule has 0 unspecified atom stereocenters. The Bertz CT molecular complexity index is 355. The van der Waals surface area contributed by atoms with Crippen LogP contribution in [0.3, 0.4) is 0 Å². The first-order valence-electron chi connectivity index (χ1n) is 4.72. The molecule has 0 fully saturated rings. The summed E-state index contributed by atoms with van der Waals surface area (Å²) in [6, 6.07) is 9.06. The summed E-state index contributed by atoms with van der Waals surface area (Å²) >= 11 is 0. The number of hydrogen-bond acceptors (Lipinski definition) is 2. The maximum absolute atomic E-state index is 11.1. The van der Waals surface area contributed by atoms with Crippen molar-refractivity contribution in [1.82, 2.24) is 5.01 Å². The van der Waals surface area contributed by atoms with Gasteiger partial charge in [0.2, 0.25) is 0 Å². The molecule has 0 radical (unpaired) electrons. The van der Waals surface area contributed by atoms with Gasteiger partial charge in [0.25, 0.3) is 0 Å². The monoisotopic (exact) mass is 205 g/mol. The first kappa shape index (κ1) is 11.2. The quantitative estimate of drug-likeness (QED) is 0.595. The number of rotatable bonds is 3. The molecular formula is C11H15N3O. The third-order valence-corrected chi connectivity index (χ3v) is 1.75. The number of primary amides is 1. The summed E-state index contributed by atoms with van der Waals surface area (Å²) < 4.78 is 0. The van der Waals surface area contributed by atoms with Gasteiger partial charge >= 0.3 is 6.03 Å². The summed E-state index contributed by atoms with van der Waals surface area (Å²) in [6.45, 7) is 4.04. The normalized spacial score (nSPS) is 9.47. The minimum atomic E-state index is -0.542. The largest absolute Gasteiger partial charge is 0.350 e. The highest BCUT2D eigenvalue weighted by Crippen LogP contribution is 2.04. The van der Waals surface area contributed by atoms with Crippen molar-refractivity contribution in [2.45, 2.75) is 20.4 Å². The number of hydrogen-bond donors (Lipinski definition) is 1. The number of urea groups is 1. The lowest BCUT2D eigenvalue weighted by Crippen LogP contribution is -2.31. The fourth-order valence-corrected chi connectivity index (χ4v) is 1.16. The first-order chi connectivity index (χ1) is 7.09. The third kappa shape index (κ3) is 3.81. The molecule has 15 heavy (non-hydrogen) atoms. The molecule has 2 N–H and O–H groups in total. The van der Waals surface area contributed by atoms with Crippen LogP contribution in [0.15, 0.2) is 35.4 Å². The Morgan fingerprint density at radius 1 is 1.33 bits per heavy atom. The second-order valence-corrected chi connectivity index (χ2v) is 3.43. The molecule has 4 nitrogen and oxygen atoms in total. The predicted octanol–water partition coefficient (Wildman–Crippen LogP) is 1.96. The molecular weight excluding hydrogens is 190 g/mol. The number of amides is 2. The molecule has 0 saturated heterocycles. The van der Waals surface area contributed by atoms with E-state index in [1.165, 1.54) is 5.01 Å². The Balaban J connectivity index is 2.76. The lowest BCUT2D eigenvalue weighted by molar-refractivity contribution is 0.207. The SMILES string of the molecule is CC(C)=NN(Cc1ccccc1)C(N)=O. The van der Waals surface area contributed by atoms with Crippen molar-refractivity contribution in [3.63, 3.8) is 0 Å². The summed E-state index contributed by atoms with van der Waals surface area (Å²) in [4.78, 5) is 11.1. The molecule has 0 spiro atoms. The van der Waals surface area contributed by atoms with Crippen LogP contribution < -0.4 is 5.73 Å². The summed E-state index contributed by atoms with van der Waals surface area (Å²) in [5.41, 5.74) is 7.01. The number of nitrogens with two attached hydrogens (primary N) is 1. The third-order valence-electron chi connectivity index (χ3n) is 1.75. The predicted molar refractivity (Wildman–Crippen MR) is 60.4 cm³/mol. The highest BCUT2D eigenvalue weighted by atomic mass is 16.2. The Morgan fingerprint density at radius 3 is 2.40 bits per heavy atom. The molecule has 0 aliphatic rings. The van der Waals surface area contributed by atoms with E-state index in [0.717, 1.165) is 11.3 Å². The topological polar surface area (TPSA) is 58.7 Å². The van der Waals surface area contributed by atoms with Crippen LogP contribution >= 0.6 is 0 Å². The smallest absolute Gasteiger partial charge is 0.335 e. The Morgan fingerprint density at radius 2 is 1.93 bits per heavy atom. The average Bonchev–Trinajstić information content (AvgIpc) is 2.17. The fourth-order valence-electron chi connectivity index (χ4n) is 1.16. The van der Waals surface area contributed by atoms with Gasteiger partial charge in [0, 0.05) is 5.71 Å². The van der Waals surface area contributed by atoms with Gasteiger partial charge in [-0.15, -0.1) is 0 Å². The number of carbonyl (C=O) groups is 1. The number of nitrogens with zero attached hydrogens (tertiary/aromatic N) is 2. The van der Waals surface area contributed by atoms with Gasteiger partial charge in [-0.1, -0.05) is 30.3 Å².